The first-order valence-electron chi connectivity index (χ1n) is 7.00. The number of alkyl halides is 2. The van der Waals surface area contributed by atoms with Crippen LogP contribution in [0.3, 0.4) is 0 Å². The molecule has 114 valence electrons. The summed E-state index contributed by atoms with van der Waals surface area (Å²) in [7, 11) is 0. The fourth-order valence-corrected chi connectivity index (χ4v) is 2.71. The zero-order valence-corrected chi connectivity index (χ0v) is 11.7. The topological polar surface area (TPSA) is 66.5 Å². The number of anilines is 1. The van der Waals surface area contributed by atoms with Gasteiger partial charge in [0, 0.05) is 19.0 Å². The predicted molar refractivity (Wildman–Crippen MR) is 72.4 cm³/mol. The average Bonchev–Trinajstić information content (AvgIpc) is 2.90. The molecule has 2 aromatic rings. The molecule has 2 aromatic heterocycles. The third kappa shape index (κ3) is 2.67. The molecule has 1 N–H and O–H groups in total. The molecule has 2 atom stereocenters. The van der Waals surface area contributed by atoms with E-state index in [2.05, 4.69) is 15.3 Å². The first-order valence-corrected chi connectivity index (χ1v) is 7.00. The highest BCUT2D eigenvalue weighted by Crippen LogP contribution is 2.25. The Morgan fingerprint density at radius 2 is 2.14 bits per heavy atom. The Labute approximate surface area is 120 Å². The maximum absolute atomic E-state index is 12.9. The van der Waals surface area contributed by atoms with Gasteiger partial charge in [0.05, 0.1) is 6.10 Å². The van der Waals surface area contributed by atoms with Gasteiger partial charge in [-0.2, -0.15) is 4.52 Å². The molecule has 0 spiro atoms. The molecule has 3 heterocycles. The van der Waals surface area contributed by atoms with Crippen LogP contribution in [0.4, 0.5) is 14.6 Å². The van der Waals surface area contributed by atoms with E-state index in [0.717, 1.165) is 23.9 Å². The number of nitrogens with zero attached hydrogens (tertiary/aromatic N) is 5. The standard InChI is InChI=1S/C13H17F2N5O/c1-8(21)9-3-2-6-19(7-9)11-5-4-10-16-17-13(12(14)15)20(10)18-11/h4-5,8-9,12,21H,2-3,6-7H2,1H3. The SMILES string of the molecule is CC(O)C1CCCN(c2ccc3nnc(C(F)F)n3n2)C1. The number of aliphatic hydroxyl groups is 1. The van der Waals surface area contributed by atoms with Crippen LogP contribution >= 0.6 is 0 Å². The van der Waals surface area contributed by atoms with Crippen molar-refractivity contribution in [3.05, 3.63) is 18.0 Å². The lowest BCUT2D eigenvalue weighted by molar-refractivity contribution is 0.115. The van der Waals surface area contributed by atoms with Crippen LogP contribution in [0.15, 0.2) is 12.1 Å². The first-order chi connectivity index (χ1) is 10.1. The lowest BCUT2D eigenvalue weighted by Gasteiger charge is -2.34. The number of aromatic nitrogens is 4. The van der Waals surface area contributed by atoms with Gasteiger partial charge in [-0.25, -0.2) is 8.78 Å². The number of rotatable bonds is 3. The van der Waals surface area contributed by atoms with Crippen molar-refractivity contribution in [3.63, 3.8) is 0 Å². The molecule has 3 rings (SSSR count). The van der Waals surface area contributed by atoms with Crippen molar-refractivity contribution in [2.45, 2.75) is 32.3 Å². The summed E-state index contributed by atoms with van der Waals surface area (Å²) in [5, 5.41) is 21.1. The van der Waals surface area contributed by atoms with Gasteiger partial charge in [-0.15, -0.1) is 15.3 Å². The zero-order valence-electron chi connectivity index (χ0n) is 11.7. The summed E-state index contributed by atoms with van der Waals surface area (Å²) in [5.74, 6) is 0.331. The zero-order chi connectivity index (χ0) is 15.0. The monoisotopic (exact) mass is 297 g/mol. The Balaban J connectivity index is 1.91. The second-order valence-electron chi connectivity index (χ2n) is 5.41. The Kier molecular flexibility index (Phi) is 3.71. The van der Waals surface area contributed by atoms with Crippen LogP contribution in [0.1, 0.15) is 32.0 Å². The van der Waals surface area contributed by atoms with E-state index in [4.69, 9.17) is 0 Å². The molecule has 1 fully saturated rings. The molecule has 1 aliphatic rings. The van der Waals surface area contributed by atoms with Crippen LogP contribution in [-0.2, 0) is 0 Å². The van der Waals surface area contributed by atoms with Crippen LogP contribution < -0.4 is 4.90 Å². The highest BCUT2D eigenvalue weighted by Gasteiger charge is 2.25. The normalized spacial score (nSPS) is 21.2. The molecule has 0 saturated carbocycles. The lowest BCUT2D eigenvalue weighted by Crippen LogP contribution is -2.40. The van der Waals surface area contributed by atoms with Gasteiger partial charge in [0.1, 0.15) is 5.82 Å². The second kappa shape index (κ2) is 5.51. The van der Waals surface area contributed by atoms with Crippen LogP contribution in [0.25, 0.3) is 5.65 Å². The van der Waals surface area contributed by atoms with Gasteiger partial charge in [-0.05, 0) is 31.9 Å². The molecule has 0 amide bonds. The number of piperidine rings is 1. The number of fused-ring (bicyclic) bond motifs is 1. The first kappa shape index (κ1) is 14.1. The highest BCUT2D eigenvalue weighted by atomic mass is 19.3. The molecule has 1 aliphatic heterocycles. The summed E-state index contributed by atoms with van der Waals surface area (Å²) in [5.41, 5.74) is 0.304. The number of aliphatic hydroxyl groups excluding tert-OH is 1. The van der Waals surface area contributed by atoms with Crippen molar-refractivity contribution in [2.24, 2.45) is 5.92 Å². The molecule has 8 heteroatoms. The van der Waals surface area contributed by atoms with Gasteiger partial charge in [0.25, 0.3) is 6.43 Å². The molecule has 21 heavy (non-hydrogen) atoms. The molecule has 0 aromatic carbocycles. The summed E-state index contributed by atoms with van der Waals surface area (Å²) in [6.07, 6.45) is -1.19. The van der Waals surface area contributed by atoms with Crippen LogP contribution in [0.2, 0.25) is 0 Å². The summed E-state index contributed by atoms with van der Waals surface area (Å²) in [6.45, 7) is 3.25. The minimum atomic E-state index is -2.71. The Morgan fingerprint density at radius 3 is 2.86 bits per heavy atom. The largest absolute Gasteiger partial charge is 0.393 e. The van der Waals surface area contributed by atoms with Crippen LogP contribution in [0.5, 0.6) is 0 Å². The summed E-state index contributed by atoms with van der Waals surface area (Å²) in [6, 6.07) is 3.39. The van der Waals surface area contributed by atoms with E-state index in [1.54, 1.807) is 19.1 Å². The van der Waals surface area contributed by atoms with Gasteiger partial charge in [-0.1, -0.05) is 0 Å². The fourth-order valence-electron chi connectivity index (χ4n) is 2.71. The fraction of sp³-hybridized carbons (Fsp3) is 0.615. The molecule has 1 saturated heterocycles. The smallest absolute Gasteiger partial charge is 0.299 e. The van der Waals surface area contributed by atoms with Crippen molar-refractivity contribution >= 4 is 11.5 Å². The van der Waals surface area contributed by atoms with E-state index in [1.165, 1.54) is 0 Å². The molecule has 0 bridgehead atoms. The van der Waals surface area contributed by atoms with E-state index in [-0.39, 0.29) is 12.0 Å². The van der Waals surface area contributed by atoms with Crippen molar-refractivity contribution < 1.29 is 13.9 Å². The summed E-state index contributed by atoms with van der Waals surface area (Å²) in [4.78, 5) is 2.01. The third-order valence-electron chi connectivity index (χ3n) is 3.93. The molecule has 0 radical (unpaired) electrons. The minimum absolute atomic E-state index is 0.173. The quantitative estimate of drug-likeness (QED) is 0.933. The second-order valence-corrected chi connectivity index (χ2v) is 5.41. The van der Waals surface area contributed by atoms with Gasteiger partial charge in [0.2, 0.25) is 5.82 Å². The van der Waals surface area contributed by atoms with E-state index in [0.29, 0.717) is 18.0 Å². The average molecular weight is 297 g/mol. The van der Waals surface area contributed by atoms with Crippen molar-refractivity contribution in [2.75, 3.05) is 18.0 Å². The number of hydrogen-bond donors (Lipinski definition) is 1. The van der Waals surface area contributed by atoms with Gasteiger partial charge in [0.15, 0.2) is 5.65 Å². The molecule has 0 aliphatic carbocycles. The van der Waals surface area contributed by atoms with E-state index in [1.807, 2.05) is 4.90 Å². The molecular formula is C13H17F2N5O. The van der Waals surface area contributed by atoms with Crippen LogP contribution in [-0.4, -0.2) is 44.1 Å². The maximum atomic E-state index is 12.9. The minimum Gasteiger partial charge on any atom is -0.393 e. The predicted octanol–water partition coefficient (Wildman–Crippen LogP) is 1.66. The van der Waals surface area contributed by atoms with E-state index in [9.17, 15) is 13.9 Å². The van der Waals surface area contributed by atoms with E-state index >= 15 is 0 Å². The van der Waals surface area contributed by atoms with Gasteiger partial charge >= 0.3 is 0 Å². The highest BCUT2D eigenvalue weighted by molar-refractivity contribution is 5.46. The number of halogens is 2. The lowest BCUT2D eigenvalue weighted by atomic mass is 9.93. The summed E-state index contributed by atoms with van der Waals surface area (Å²) >= 11 is 0. The number of hydrogen-bond acceptors (Lipinski definition) is 5. The van der Waals surface area contributed by atoms with Gasteiger partial charge < -0.3 is 10.0 Å². The molecular weight excluding hydrogens is 280 g/mol. The third-order valence-corrected chi connectivity index (χ3v) is 3.93. The van der Waals surface area contributed by atoms with Crippen molar-refractivity contribution in [3.8, 4) is 0 Å². The van der Waals surface area contributed by atoms with Crippen molar-refractivity contribution in [1.82, 2.24) is 19.8 Å². The van der Waals surface area contributed by atoms with E-state index < -0.39 is 12.2 Å². The summed E-state index contributed by atoms with van der Waals surface area (Å²) < 4.78 is 26.8. The Hall–Kier alpha value is -1.83. The Bertz CT molecular complexity index is 630. The van der Waals surface area contributed by atoms with Gasteiger partial charge in [-0.3, -0.25) is 0 Å². The molecule has 2 unspecified atom stereocenters. The maximum Gasteiger partial charge on any atom is 0.299 e. The van der Waals surface area contributed by atoms with Crippen LogP contribution in [0, 0.1) is 5.92 Å². The van der Waals surface area contributed by atoms with Crippen molar-refractivity contribution in [1.29, 1.82) is 0 Å². The Morgan fingerprint density at radius 1 is 1.33 bits per heavy atom. The molecule has 6 nitrogen and oxygen atoms in total.